The quantitative estimate of drug-likeness (QED) is 0.883. The number of likely N-dealkylation sites (tertiary alicyclic amines) is 1. The number of rotatable bonds is 4. The van der Waals surface area contributed by atoms with Crippen LogP contribution in [0.15, 0.2) is 12.4 Å². The van der Waals surface area contributed by atoms with Crippen LogP contribution >= 0.6 is 0 Å². The van der Waals surface area contributed by atoms with Crippen molar-refractivity contribution in [1.82, 2.24) is 20.2 Å². The smallest absolute Gasteiger partial charge is 0.271 e. The molecular formula is C14H22N4O. The fourth-order valence-corrected chi connectivity index (χ4v) is 2.56. The van der Waals surface area contributed by atoms with Crippen molar-refractivity contribution in [3.8, 4) is 0 Å². The van der Waals surface area contributed by atoms with Crippen molar-refractivity contribution in [1.29, 1.82) is 0 Å². The summed E-state index contributed by atoms with van der Waals surface area (Å²) >= 11 is 0. The van der Waals surface area contributed by atoms with Gasteiger partial charge in [-0.3, -0.25) is 9.78 Å². The lowest BCUT2D eigenvalue weighted by Gasteiger charge is -2.29. The molecule has 5 heteroatoms. The maximum absolute atomic E-state index is 11.6. The summed E-state index contributed by atoms with van der Waals surface area (Å²) < 4.78 is 0. The monoisotopic (exact) mass is 262 g/mol. The van der Waals surface area contributed by atoms with Gasteiger partial charge in [-0.1, -0.05) is 0 Å². The average Bonchev–Trinajstić information content (AvgIpc) is 2.40. The molecular weight excluding hydrogens is 240 g/mol. The van der Waals surface area contributed by atoms with Gasteiger partial charge in [-0.25, -0.2) is 4.98 Å². The van der Waals surface area contributed by atoms with Crippen molar-refractivity contribution in [3.63, 3.8) is 0 Å². The second-order valence-electron chi connectivity index (χ2n) is 5.23. The van der Waals surface area contributed by atoms with Crippen molar-refractivity contribution in [2.24, 2.45) is 5.92 Å². The number of carbonyl (C=O) groups excluding carboxylic acids is 1. The number of hydrogen-bond donors (Lipinski definition) is 1. The molecule has 0 aromatic carbocycles. The van der Waals surface area contributed by atoms with Gasteiger partial charge in [0.25, 0.3) is 5.91 Å². The molecule has 5 nitrogen and oxygen atoms in total. The molecule has 0 unspecified atom stereocenters. The van der Waals surface area contributed by atoms with Crippen LogP contribution in [0.2, 0.25) is 0 Å². The van der Waals surface area contributed by atoms with E-state index in [1.54, 1.807) is 12.4 Å². The third-order valence-electron chi connectivity index (χ3n) is 3.50. The van der Waals surface area contributed by atoms with E-state index in [0.717, 1.165) is 18.7 Å². The molecule has 0 radical (unpaired) electrons. The molecule has 1 atom stereocenters. The first kappa shape index (κ1) is 13.9. The Kier molecular flexibility index (Phi) is 4.85. The van der Waals surface area contributed by atoms with Crippen LogP contribution in [0.1, 0.15) is 35.9 Å². The summed E-state index contributed by atoms with van der Waals surface area (Å²) in [6.07, 6.45) is 6.77. The Bertz CT molecular complexity index is 418. The molecule has 1 aromatic heterocycles. The van der Waals surface area contributed by atoms with E-state index >= 15 is 0 Å². The van der Waals surface area contributed by atoms with Gasteiger partial charge >= 0.3 is 0 Å². The van der Waals surface area contributed by atoms with Gasteiger partial charge < -0.3 is 10.2 Å². The van der Waals surface area contributed by atoms with E-state index < -0.39 is 0 Å². The maximum Gasteiger partial charge on any atom is 0.271 e. The summed E-state index contributed by atoms with van der Waals surface area (Å²) in [7, 11) is 2.16. The van der Waals surface area contributed by atoms with Crippen LogP contribution in [0.3, 0.4) is 0 Å². The molecule has 0 saturated carbocycles. The fourth-order valence-electron chi connectivity index (χ4n) is 2.56. The van der Waals surface area contributed by atoms with Crippen LogP contribution in [0, 0.1) is 5.92 Å². The Morgan fingerprint density at radius 2 is 2.32 bits per heavy atom. The van der Waals surface area contributed by atoms with E-state index in [0.29, 0.717) is 18.2 Å². The van der Waals surface area contributed by atoms with Gasteiger partial charge in [0.05, 0.1) is 11.9 Å². The third-order valence-corrected chi connectivity index (χ3v) is 3.50. The molecule has 1 amide bonds. The first-order valence-electron chi connectivity index (χ1n) is 6.96. The van der Waals surface area contributed by atoms with Crippen molar-refractivity contribution in [3.05, 3.63) is 23.8 Å². The molecule has 104 valence electrons. The minimum absolute atomic E-state index is 0.154. The van der Waals surface area contributed by atoms with Crippen molar-refractivity contribution in [2.45, 2.75) is 26.2 Å². The first-order valence-corrected chi connectivity index (χ1v) is 6.96. The Balaban J connectivity index is 1.93. The number of nitrogens with zero attached hydrogens (tertiary/aromatic N) is 3. The summed E-state index contributed by atoms with van der Waals surface area (Å²) in [5, 5.41) is 2.72. The normalized spacial score (nSPS) is 20.2. The van der Waals surface area contributed by atoms with Crippen LogP contribution in [0.25, 0.3) is 0 Å². The predicted molar refractivity (Wildman–Crippen MR) is 74.0 cm³/mol. The van der Waals surface area contributed by atoms with Crippen molar-refractivity contribution >= 4 is 5.91 Å². The Morgan fingerprint density at radius 1 is 1.47 bits per heavy atom. The highest BCUT2D eigenvalue weighted by molar-refractivity contribution is 5.91. The predicted octanol–water partition coefficient (Wildman–Crippen LogP) is 1.11. The molecule has 0 spiro atoms. The number of amides is 1. The van der Waals surface area contributed by atoms with Crippen LogP contribution in [0.4, 0.5) is 0 Å². The van der Waals surface area contributed by atoms with Crippen LogP contribution in [0.5, 0.6) is 0 Å². The van der Waals surface area contributed by atoms with Gasteiger partial charge in [-0.05, 0) is 45.7 Å². The molecule has 2 heterocycles. The van der Waals surface area contributed by atoms with Gasteiger partial charge in [-0.2, -0.15) is 0 Å². The van der Waals surface area contributed by atoms with Crippen molar-refractivity contribution in [2.75, 3.05) is 26.7 Å². The standard InChI is InChI=1S/C14H22N4O/c1-3-15-14(19)13-9-16-12(8-17-13)7-11-5-4-6-18(2)10-11/h8-9,11H,3-7,10H2,1-2H3,(H,15,19)/t11-/m1/s1. The lowest BCUT2D eigenvalue weighted by Crippen LogP contribution is -2.33. The molecule has 1 N–H and O–H groups in total. The number of aromatic nitrogens is 2. The molecule has 19 heavy (non-hydrogen) atoms. The highest BCUT2D eigenvalue weighted by Gasteiger charge is 2.18. The lowest BCUT2D eigenvalue weighted by molar-refractivity contribution is 0.0950. The molecule has 1 saturated heterocycles. The zero-order valence-corrected chi connectivity index (χ0v) is 11.7. The number of nitrogens with one attached hydrogen (secondary N) is 1. The summed E-state index contributed by atoms with van der Waals surface area (Å²) in [5.41, 5.74) is 1.37. The Labute approximate surface area is 114 Å². The average molecular weight is 262 g/mol. The summed E-state index contributed by atoms with van der Waals surface area (Å²) in [6.45, 7) is 4.81. The van der Waals surface area contributed by atoms with E-state index in [1.165, 1.54) is 19.4 Å². The van der Waals surface area contributed by atoms with Crippen LogP contribution < -0.4 is 5.32 Å². The van der Waals surface area contributed by atoms with Gasteiger partial charge in [0.2, 0.25) is 0 Å². The molecule has 0 aliphatic carbocycles. The molecule has 1 aromatic rings. The highest BCUT2D eigenvalue weighted by atomic mass is 16.1. The second kappa shape index (κ2) is 6.61. The lowest BCUT2D eigenvalue weighted by atomic mass is 9.94. The number of piperidine rings is 1. The Hall–Kier alpha value is -1.49. The molecule has 1 fully saturated rings. The van der Waals surface area contributed by atoms with Gasteiger partial charge in [-0.15, -0.1) is 0 Å². The SMILES string of the molecule is CCNC(=O)c1cnc(C[C@H]2CCCN(C)C2)cn1. The fraction of sp³-hybridized carbons (Fsp3) is 0.643. The minimum atomic E-state index is -0.154. The van der Waals surface area contributed by atoms with Crippen LogP contribution in [-0.4, -0.2) is 47.5 Å². The zero-order chi connectivity index (χ0) is 13.7. The van der Waals surface area contributed by atoms with E-state index in [2.05, 4.69) is 27.2 Å². The molecule has 0 bridgehead atoms. The molecule has 1 aliphatic heterocycles. The Morgan fingerprint density at radius 3 is 2.95 bits per heavy atom. The van der Waals surface area contributed by atoms with E-state index in [4.69, 9.17) is 0 Å². The molecule has 1 aliphatic rings. The zero-order valence-electron chi connectivity index (χ0n) is 11.7. The minimum Gasteiger partial charge on any atom is -0.351 e. The number of hydrogen-bond acceptors (Lipinski definition) is 4. The van der Waals surface area contributed by atoms with Crippen LogP contribution in [-0.2, 0) is 6.42 Å². The van der Waals surface area contributed by atoms with Gasteiger partial charge in [0.15, 0.2) is 0 Å². The van der Waals surface area contributed by atoms with E-state index in [9.17, 15) is 4.79 Å². The van der Waals surface area contributed by atoms with Gasteiger partial charge in [0.1, 0.15) is 5.69 Å². The largest absolute Gasteiger partial charge is 0.351 e. The maximum atomic E-state index is 11.6. The summed E-state index contributed by atoms with van der Waals surface area (Å²) in [6, 6.07) is 0. The van der Waals surface area contributed by atoms with E-state index in [-0.39, 0.29) is 5.91 Å². The van der Waals surface area contributed by atoms with Gasteiger partial charge in [0, 0.05) is 19.3 Å². The van der Waals surface area contributed by atoms with E-state index in [1.807, 2.05) is 6.92 Å². The number of carbonyl (C=O) groups is 1. The first-order chi connectivity index (χ1) is 9.19. The summed E-state index contributed by atoms with van der Waals surface area (Å²) in [5.74, 6) is 0.502. The second-order valence-corrected chi connectivity index (χ2v) is 5.23. The third kappa shape index (κ3) is 3.99. The summed E-state index contributed by atoms with van der Waals surface area (Å²) in [4.78, 5) is 22.5. The topological polar surface area (TPSA) is 58.1 Å². The van der Waals surface area contributed by atoms with Crippen molar-refractivity contribution < 1.29 is 4.79 Å². The highest BCUT2D eigenvalue weighted by Crippen LogP contribution is 2.18. The molecule has 2 rings (SSSR count).